The van der Waals surface area contributed by atoms with Gasteiger partial charge in [-0.3, -0.25) is 4.79 Å². The molecule has 0 bridgehead atoms. The standard InChI is InChI=1S/C29H32F7N3O3/c1-16-11-22(30)6-7-24(16)25-15-23(37-26(41)8-5-17(2)40)9-10-39(25)27(42)38(4)18(3)19-12-20(28(31,32)33)14-21(13-19)29(34,35)36/h6-7,11-14,18,23,25H,5,8-10,15H2,1-4H3,(H,37,41)/t18-,23-,25+/m0/s1. The number of hydrogen-bond acceptors (Lipinski definition) is 3. The summed E-state index contributed by atoms with van der Waals surface area (Å²) < 4.78 is 94.5. The van der Waals surface area contributed by atoms with Gasteiger partial charge in [0.15, 0.2) is 0 Å². The summed E-state index contributed by atoms with van der Waals surface area (Å²) in [5.41, 5.74) is -2.23. The van der Waals surface area contributed by atoms with Crippen molar-refractivity contribution in [3.63, 3.8) is 0 Å². The van der Waals surface area contributed by atoms with Crippen molar-refractivity contribution in [2.24, 2.45) is 0 Å². The molecule has 0 radical (unpaired) electrons. The van der Waals surface area contributed by atoms with E-state index in [1.165, 1.54) is 44.0 Å². The van der Waals surface area contributed by atoms with Crippen molar-refractivity contribution in [3.05, 3.63) is 70.0 Å². The van der Waals surface area contributed by atoms with Crippen LogP contribution in [0.15, 0.2) is 36.4 Å². The van der Waals surface area contributed by atoms with Gasteiger partial charge >= 0.3 is 18.4 Å². The predicted molar refractivity (Wildman–Crippen MR) is 140 cm³/mol. The zero-order chi connectivity index (χ0) is 31.6. The number of carbonyl (C=O) groups is 3. The normalized spacial score (nSPS) is 18.4. The summed E-state index contributed by atoms with van der Waals surface area (Å²) >= 11 is 0. The number of ketones is 1. The first-order valence-electron chi connectivity index (χ1n) is 13.3. The molecule has 42 heavy (non-hydrogen) atoms. The number of rotatable bonds is 7. The number of hydrogen-bond donors (Lipinski definition) is 1. The number of amides is 3. The second-order valence-electron chi connectivity index (χ2n) is 10.6. The molecule has 230 valence electrons. The minimum absolute atomic E-state index is 0.00806. The predicted octanol–water partition coefficient (Wildman–Crippen LogP) is 6.98. The van der Waals surface area contributed by atoms with Crippen LogP contribution in [0.25, 0.3) is 0 Å². The number of carbonyl (C=O) groups excluding carboxylic acids is 3. The number of nitrogens with one attached hydrogen (secondary N) is 1. The Kier molecular flexibility index (Phi) is 9.94. The molecule has 1 aliphatic rings. The molecule has 1 saturated heterocycles. The van der Waals surface area contributed by atoms with Crippen molar-refractivity contribution in [2.45, 2.75) is 76.9 Å². The van der Waals surface area contributed by atoms with E-state index in [9.17, 15) is 45.1 Å². The van der Waals surface area contributed by atoms with Crippen LogP contribution < -0.4 is 5.32 Å². The minimum atomic E-state index is -5.04. The Labute approximate surface area is 238 Å². The number of urea groups is 1. The number of piperidine rings is 1. The molecule has 2 aromatic carbocycles. The number of Topliss-reactive ketones (excluding diaryl/α,β-unsaturated/α-hetero) is 1. The summed E-state index contributed by atoms with van der Waals surface area (Å²) in [4.78, 5) is 39.9. The lowest BCUT2D eigenvalue weighted by molar-refractivity contribution is -0.143. The van der Waals surface area contributed by atoms with Crippen molar-refractivity contribution < 1.29 is 45.1 Å². The summed E-state index contributed by atoms with van der Waals surface area (Å²) in [6, 6.07) is 2.28. The fraction of sp³-hybridized carbons (Fsp3) is 0.483. The van der Waals surface area contributed by atoms with Gasteiger partial charge in [0.1, 0.15) is 11.6 Å². The third kappa shape index (κ3) is 8.01. The van der Waals surface area contributed by atoms with Crippen LogP contribution in [0.1, 0.15) is 79.4 Å². The Morgan fingerprint density at radius 3 is 2.12 bits per heavy atom. The number of benzene rings is 2. The van der Waals surface area contributed by atoms with Gasteiger partial charge in [0, 0.05) is 32.5 Å². The quantitative estimate of drug-likeness (QED) is 0.348. The van der Waals surface area contributed by atoms with Gasteiger partial charge in [-0.05, 0) is 80.6 Å². The first-order chi connectivity index (χ1) is 19.4. The van der Waals surface area contributed by atoms with E-state index in [-0.39, 0.29) is 49.1 Å². The number of halogens is 7. The molecule has 1 fully saturated rings. The third-order valence-corrected chi connectivity index (χ3v) is 7.48. The number of nitrogens with zero attached hydrogens (tertiary/aromatic N) is 2. The van der Waals surface area contributed by atoms with Gasteiger partial charge in [0.25, 0.3) is 0 Å². The van der Waals surface area contributed by atoms with E-state index in [0.717, 1.165) is 4.90 Å². The van der Waals surface area contributed by atoms with E-state index in [2.05, 4.69) is 5.32 Å². The van der Waals surface area contributed by atoms with Crippen LogP contribution in [0.5, 0.6) is 0 Å². The topological polar surface area (TPSA) is 69.7 Å². The Balaban J connectivity index is 1.92. The Morgan fingerprint density at radius 1 is 1.00 bits per heavy atom. The highest BCUT2D eigenvalue weighted by molar-refractivity contribution is 5.83. The minimum Gasteiger partial charge on any atom is -0.353 e. The van der Waals surface area contributed by atoms with Crippen LogP contribution in [0.2, 0.25) is 0 Å². The second kappa shape index (κ2) is 12.7. The van der Waals surface area contributed by atoms with Crippen LogP contribution in [0.4, 0.5) is 35.5 Å². The van der Waals surface area contributed by atoms with Gasteiger partial charge in [0.2, 0.25) is 5.91 Å². The van der Waals surface area contributed by atoms with Crippen LogP contribution >= 0.6 is 0 Å². The molecule has 13 heteroatoms. The fourth-order valence-electron chi connectivity index (χ4n) is 5.03. The van der Waals surface area contributed by atoms with E-state index >= 15 is 0 Å². The third-order valence-electron chi connectivity index (χ3n) is 7.48. The van der Waals surface area contributed by atoms with E-state index in [4.69, 9.17) is 0 Å². The molecule has 0 saturated carbocycles. The maximum atomic E-state index is 13.9. The Bertz CT molecular complexity index is 1290. The van der Waals surface area contributed by atoms with Crippen LogP contribution in [-0.2, 0) is 21.9 Å². The molecule has 3 atom stereocenters. The van der Waals surface area contributed by atoms with Crippen LogP contribution in [0.3, 0.4) is 0 Å². The fourth-order valence-corrected chi connectivity index (χ4v) is 5.03. The monoisotopic (exact) mass is 603 g/mol. The largest absolute Gasteiger partial charge is 0.416 e. The molecule has 0 aromatic heterocycles. The zero-order valence-electron chi connectivity index (χ0n) is 23.5. The van der Waals surface area contributed by atoms with Crippen molar-refractivity contribution in [3.8, 4) is 0 Å². The first-order valence-corrected chi connectivity index (χ1v) is 13.3. The molecule has 2 aromatic rings. The van der Waals surface area contributed by atoms with Crippen molar-refractivity contribution in [1.29, 1.82) is 0 Å². The maximum absolute atomic E-state index is 13.9. The van der Waals surface area contributed by atoms with Gasteiger partial charge in [-0.2, -0.15) is 26.3 Å². The molecular formula is C29H32F7N3O3. The number of likely N-dealkylation sites (tertiary alicyclic amines) is 1. The van der Waals surface area contributed by atoms with Gasteiger partial charge in [0.05, 0.1) is 23.2 Å². The zero-order valence-corrected chi connectivity index (χ0v) is 23.5. The SMILES string of the molecule is CC(=O)CCC(=O)N[C@H]1CCN(C(=O)N(C)[C@@H](C)c2cc(C(F)(F)F)cc(C(F)(F)F)c2)[C@@H](c2ccc(F)cc2C)C1. The molecule has 3 amide bonds. The molecule has 1 N–H and O–H groups in total. The van der Waals surface area contributed by atoms with Gasteiger partial charge < -0.3 is 19.9 Å². The summed E-state index contributed by atoms with van der Waals surface area (Å²) in [7, 11) is 1.28. The van der Waals surface area contributed by atoms with Gasteiger partial charge in [-0.15, -0.1) is 0 Å². The molecule has 0 unspecified atom stereocenters. The number of alkyl halides is 6. The Morgan fingerprint density at radius 2 is 1.60 bits per heavy atom. The molecule has 0 spiro atoms. The molecule has 6 nitrogen and oxygen atoms in total. The maximum Gasteiger partial charge on any atom is 0.416 e. The second-order valence-corrected chi connectivity index (χ2v) is 10.6. The Hall–Kier alpha value is -3.64. The van der Waals surface area contributed by atoms with Gasteiger partial charge in [-0.1, -0.05) is 6.07 Å². The lowest BCUT2D eigenvalue weighted by atomic mass is 9.89. The highest BCUT2D eigenvalue weighted by Crippen LogP contribution is 2.39. The number of aryl methyl sites for hydroxylation is 1. The summed E-state index contributed by atoms with van der Waals surface area (Å²) in [5.74, 6) is -0.999. The summed E-state index contributed by atoms with van der Waals surface area (Å²) in [6.45, 7) is 4.42. The molecular weight excluding hydrogens is 571 g/mol. The summed E-state index contributed by atoms with van der Waals surface area (Å²) in [5, 5.41) is 2.85. The molecule has 1 heterocycles. The van der Waals surface area contributed by atoms with E-state index in [1.807, 2.05) is 0 Å². The molecule has 1 aliphatic heterocycles. The lowest BCUT2D eigenvalue weighted by Gasteiger charge is -2.43. The highest BCUT2D eigenvalue weighted by Gasteiger charge is 2.39. The molecule has 0 aliphatic carbocycles. The molecule has 3 rings (SSSR count). The average Bonchev–Trinajstić information content (AvgIpc) is 2.89. The smallest absolute Gasteiger partial charge is 0.353 e. The van der Waals surface area contributed by atoms with Crippen LogP contribution in [0, 0.1) is 12.7 Å². The average molecular weight is 604 g/mol. The highest BCUT2D eigenvalue weighted by atomic mass is 19.4. The van der Waals surface area contributed by atoms with E-state index in [0.29, 0.717) is 29.7 Å². The van der Waals surface area contributed by atoms with E-state index in [1.54, 1.807) is 6.92 Å². The lowest BCUT2D eigenvalue weighted by Crippen LogP contribution is -2.51. The summed E-state index contributed by atoms with van der Waals surface area (Å²) in [6.07, 6.45) is -9.50. The first kappa shape index (κ1) is 32.9. The van der Waals surface area contributed by atoms with Crippen LogP contribution in [-0.4, -0.2) is 47.2 Å². The van der Waals surface area contributed by atoms with Crippen molar-refractivity contribution in [1.82, 2.24) is 15.1 Å². The van der Waals surface area contributed by atoms with E-state index < -0.39 is 53.5 Å². The van der Waals surface area contributed by atoms with Gasteiger partial charge in [-0.25, -0.2) is 9.18 Å². The van der Waals surface area contributed by atoms with Crippen molar-refractivity contribution in [2.75, 3.05) is 13.6 Å². The van der Waals surface area contributed by atoms with Crippen molar-refractivity contribution >= 4 is 17.7 Å².